The van der Waals surface area contributed by atoms with Crippen LogP contribution >= 0.6 is 0 Å². The highest BCUT2D eigenvalue weighted by molar-refractivity contribution is 5.83. The third-order valence-corrected chi connectivity index (χ3v) is 4.52. The van der Waals surface area contributed by atoms with E-state index in [2.05, 4.69) is 16.7 Å². The normalized spacial score (nSPS) is 16.8. The van der Waals surface area contributed by atoms with Crippen molar-refractivity contribution in [2.75, 3.05) is 40.5 Å². The van der Waals surface area contributed by atoms with Crippen LogP contribution in [0.3, 0.4) is 0 Å². The van der Waals surface area contributed by atoms with Gasteiger partial charge in [0.25, 0.3) is 0 Å². The van der Waals surface area contributed by atoms with E-state index in [4.69, 9.17) is 9.47 Å². The van der Waals surface area contributed by atoms with Crippen LogP contribution in [-0.2, 0) is 16.0 Å². The maximum Gasteiger partial charge on any atom is 0.228 e. The molecule has 1 heterocycles. The quantitative estimate of drug-likeness (QED) is 0.717. The summed E-state index contributed by atoms with van der Waals surface area (Å²) in [5, 5.41) is 6.40. The average molecular weight is 320 g/mol. The van der Waals surface area contributed by atoms with Gasteiger partial charge in [0, 0.05) is 13.7 Å². The Hall–Kier alpha value is -1.59. The number of amides is 1. The Labute approximate surface area is 138 Å². The molecule has 0 bridgehead atoms. The minimum absolute atomic E-state index is 0.131. The highest BCUT2D eigenvalue weighted by Crippen LogP contribution is 2.29. The lowest BCUT2D eigenvalue weighted by Gasteiger charge is -2.35. The Balaban J connectivity index is 1.79. The first-order chi connectivity index (χ1) is 11.2. The first-order valence-corrected chi connectivity index (χ1v) is 8.31. The molecule has 1 amide bonds. The predicted molar refractivity (Wildman–Crippen MR) is 90.7 cm³/mol. The number of carbonyl (C=O) groups is 1. The molecular weight excluding hydrogens is 292 g/mol. The van der Waals surface area contributed by atoms with E-state index in [1.54, 1.807) is 14.2 Å². The number of piperidine rings is 1. The Kier molecular flexibility index (Phi) is 6.86. The molecule has 128 valence electrons. The molecule has 1 aromatic rings. The molecule has 0 spiro atoms. The first-order valence-electron chi connectivity index (χ1n) is 8.31. The van der Waals surface area contributed by atoms with Crippen molar-refractivity contribution in [2.45, 2.75) is 25.7 Å². The Morgan fingerprint density at radius 3 is 2.78 bits per heavy atom. The molecule has 5 nitrogen and oxygen atoms in total. The number of benzene rings is 1. The van der Waals surface area contributed by atoms with E-state index in [1.165, 1.54) is 5.56 Å². The van der Waals surface area contributed by atoms with Gasteiger partial charge in [0.15, 0.2) is 0 Å². The largest absolute Gasteiger partial charge is 0.497 e. The molecule has 1 fully saturated rings. The fourth-order valence-electron chi connectivity index (χ4n) is 3.13. The summed E-state index contributed by atoms with van der Waals surface area (Å²) in [5.41, 5.74) is 0.864. The van der Waals surface area contributed by atoms with Crippen LogP contribution in [0.1, 0.15) is 24.8 Å². The molecule has 1 aromatic carbocycles. The lowest BCUT2D eigenvalue weighted by molar-refractivity contribution is -0.136. The molecular formula is C18H28N2O3. The van der Waals surface area contributed by atoms with E-state index in [1.807, 2.05) is 18.2 Å². The number of carbonyl (C=O) groups excluding carboxylic acids is 1. The number of rotatable bonds is 8. The van der Waals surface area contributed by atoms with Gasteiger partial charge >= 0.3 is 0 Å². The zero-order chi connectivity index (χ0) is 16.5. The average Bonchev–Trinajstić information content (AvgIpc) is 2.60. The predicted octanol–water partition coefficient (Wildman–Crippen LogP) is 1.76. The Morgan fingerprint density at radius 1 is 1.30 bits per heavy atom. The van der Waals surface area contributed by atoms with Crippen molar-refractivity contribution >= 4 is 5.91 Å². The van der Waals surface area contributed by atoms with Crippen LogP contribution in [0.15, 0.2) is 24.3 Å². The number of nitrogens with one attached hydrogen (secondary N) is 2. The van der Waals surface area contributed by atoms with E-state index < -0.39 is 0 Å². The number of methoxy groups -OCH3 is 2. The van der Waals surface area contributed by atoms with Gasteiger partial charge in [-0.3, -0.25) is 4.79 Å². The van der Waals surface area contributed by atoms with E-state index in [9.17, 15) is 4.79 Å². The van der Waals surface area contributed by atoms with Gasteiger partial charge in [0.2, 0.25) is 5.91 Å². The fourth-order valence-corrected chi connectivity index (χ4v) is 3.13. The maximum atomic E-state index is 12.6. The van der Waals surface area contributed by atoms with Crippen molar-refractivity contribution in [3.63, 3.8) is 0 Å². The zero-order valence-corrected chi connectivity index (χ0v) is 14.2. The van der Waals surface area contributed by atoms with Gasteiger partial charge in [0.1, 0.15) is 5.75 Å². The summed E-state index contributed by atoms with van der Waals surface area (Å²) in [5.74, 6) is 1.01. The molecule has 23 heavy (non-hydrogen) atoms. The van der Waals surface area contributed by atoms with Gasteiger partial charge in [-0.2, -0.15) is 0 Å². The van der Waals surface area contributed by atoms with Crippen LogP contribution < -0.4 is 15.4 Å². The lowest BCUT2D eigenvalue weighted by atomic mass is 9.78. The van der Waals surface area contributed by atoms with Crippen LogP contribution in [0.5, 0.6) is 5.75 Å². The van der Waals surface area contributed by atoms with E-state index in [0.717, 1.165) is 44.5 Å². The first kappa shape index (κ1) is 17.8. The summed E-state index contributed by atoms with van der Waals surface area (Å²) in [6, 6.07) is 8.07. The number of aryl methyl sites for hydroxylation is 1. The van der Waals surface area contributed by atoms with Crippen LogP contribution in [0.4, 0.5) is 0 Å². The molecule has 1 aliphatic heterocycles. The van der Waals surface area contributed by atoms with Crippen LogP contribution in [-0.4, -0.2) is 46.4 Å². The number of ether oxygens (including phenoxy) is 2. The smallest absolute Gasteiger partial charge is 0.228 e. The minimum Gasteiger partial charge on any atom is -0.497 e. The van der Waals surface area contributed by atoms with Crippen molar-refractivity contribution < 1.29 is 14.3 Å². The lowest BCUT2D eigenvalue weighted by Crippen LogP contribution is -2.50. The van der Waals surface area contributed by atoms with E-state index >= 15 is 0 Å². The third-order valence-electron chi connectivity index (χ3n) is 4.52. The standard InChI is InChI=1S/C18H28N2O3/c1-22-14-18(8-11-19-12-9-18)17(21)20-10-4-6-15-5-3-7-16(13-15)23-2/h3,5,7,13,19H,4,6,8-12,14H2,1-2H3,(H,20,21). The second-order valence-electron chi connectivity index (χ2n) is 6.17. The topological polar surface area (TPSA) is 59.6 Å². The highest BCUT2D eigenvalue weighted by atomic mass is 16.5. The molecule has 1 aliphatic rings. The van der Waals surface area contributed by atoms with Crippen molar-refractivity contribution in [1.82, 2.24) is 10.6 Å². The van der Waals surface area contributed by atoms with Gasteiger partial charge in [-0.05, 0) is 56.5 Å². The molecule has 2 N–H and O–H groups in total. The van der Waals surface area contributed by atoms with Crippen LogP contribution in [0.2, 0.25) is 0 Å². The zero-order valence-electron chi connectivity index (χ0n) is 14.2. The molecule has 0 atom stereocenters. The van der Waals surface area contributed by atoms with Crippen molar-refractivity contribution in [3.8, 4) is 5.75 Å². The number of hydrogen-bond acceptors (Lipinski definition) is 4. The third kappa shape index (κ3) is 4.94. The van der Waals surface area contributed by atoms with Crippen LogP contribution in [0.25, 0.3) is 0 Å². The molecule has 0 unspecified atom stereocenters. The van der Waals surface area contributed by atoms with Crippen LogP contribution in [0, 0.1) is 5.41 Å². The molecule has 0 saturated carbocycles. The summed E-state index contributed by atoms with van der Waals surface area (Å²) < 4.78 is 10.5. The van der Waals surface area contributed by atoms with Gasteiger partial charge in [-0.25, -0.2) is 0 Å². The second-order valence-corrected chi connectivity index (χ2v) is 6.17. The minimum atomic E-state index is -0.365. The summed E-state index contributed by atoms with van der Waals surface area (Å²) >= 11 is 0. The molecule has 5 heteroatoms. The summed E-state index contributed by atoms with van der Waals surface area (Å²) in [4.78, 5) is 12.6. The van der Waals surface area contributed by atoms with Gasteiger partial charge in [0.05, 0.1) is 19.1 Å². The summed E-state index contributed by atoms with van der Waals surface area (Å²) in [7, 11) is 3.34. The SMILES string of the molecule is COCC1(C(=O)NCCCc2cccc(OC)c2)CCNCC1. The van der Waals surface area contributed by atoms with Gasteiger partial charge in [-0.15, -0.1) is 0 Å². The second kappa shape index (κ2) is 8.89. The van der Waals surface area contributed by atoms with E-state index in [0.29, 0.717) is 13.2 Å². The van der Waals surface area contributed by atoms with Crippen molar-refractivity contribution in [2.24, 2.45) is 5.41 Å². The highest BCUT2D eigenvalue weighted by Gasteiger charge is 2.39. The molecule has 2 rings (SSSR count). The Bertz CT molecular complexity index is 493. The molecule has 0 aromatic heterocycles. The Morgan fingerprint density at radius 2 is 2.09 bits per heavy atom. The van der Waals surface area contributed by atoms with Gasteiger partial charge in [-0.1, -0.05) is 12.1 Å². The monoisotopic (exact) mass is 320 g/mol. The van der Waals surface area contributed by atoms with Crippen molar-refractivity contribution in [1.29, 1.82) is 0 Å². The summed E-state index contributed by atoms with van der Waals surface area (Å²) in [6.45, 7) is 2.94. The fraction of sp³-hybridized carbons (Fsp3) is 0.611. The summed E-state index contributed by atoms with van der Waals surface area (Å²) in [6.07, 6.45) is 3.52. The van der Waals surface area contributed by atoms with Gasteiger partial charge < -0.3 is 20.1 Å². The molecule has 1 saturated heterocycles. The molecule has 0 radical (unpaired) electrons. The van der Waals surface area contributed by atoms with Crippen molar-refractivity contribution in [3.05, 3.63) is 29.8 Å². The molecule has 0 aliphatic carbocycles. The van der Waals surface area contributed by atoms with E-state index in [-0.39, 0.29) is 11.3 Å². The maximum absolute atomic E-state index is 12.6. The number of hydrogen-bond donors (Lipinski definition) is 2.